The molecule has 0 bridgehead atoms. The Hall–Kier alpha value is -5.87. The van der Waals surface area contributed by atoms with Gasteiger partial charge in [-0.1, -0.05) is 201 Å². The van der Waals surface area contributed by atoms with Gasteiger partial charge in [0.25, 0.3) is 9.05 Å². The molecular formula is C85H133ClO20S. The van der Waals surface area contributed by atoms with E-state index in [-0.39, 0.29) is 78.4 Å². The Balaban J connectivity index is 0.000000662. The highest BCUT2D eigenvalue weighted by molar-refractivity contribution is 8.13. The highest BCUT2D eigenvalue weighted by Gasteiger charge is 2.39. The normalized spacial score (nSPS) is 20.8. The first-order valence-corrected chi connectivity index (χ1v) is 41.7. The summed E-state index contributed by atoms with van der Waals surface area (Å²) in [5, 5.41) is 37.0. The molecule has 0 aromatic heterocycles. The number of hydrogen-bond acceptors (Lipinski definition) is 19. The number of aliphatic hydroxyl groups is 3. The fraction of sp³-hybridized carbons (Fsp3) is 0.706. The molecule has 0 spiro atoms. The van der Waals surface area contributed by atoms with Crippen LogP contribution in [0.2, 0.25) is 0 Å². The first kappa shape index (κ1) is 99.1. The number of carboxylic acids is 1. The average molecular weight is 1540 g/mol. The molecule has 5 saturated heterocycles. The van der Waals surface area contributed by atoms with Crippen LogP contribution >= 0.6 is 10.7 Å². The van der Waals surface area contributed by atoms with Gasteiger partial charge in [-0.3, -0.25) is 24.0 Å². The summed E-state index contributed by atoms with van der Waals surface area (Å²) >= 11 is 0. The molecule has 5 fully saturated rings. The van der Waals surface area contributed by atoms with Crippen molar-refractivity contribution >= 4 is 49.6 Å². The van der Waals surface area contributed by atoms with Crippen LogP contribution in [0.3, 0.4) is 0 Å². The maximum atomic E-state index is 11.0. The minimum atomic E-state index is -3.55. The predicted molar refractivity (Wildman–Crippen MR) is 420 cm³/mol. The lowest BCUT2D eigenvalue weighted by Gasteiger charge is -1.98. The van der Waals surface area contributed by atoms with Gasteiger partial charge in [-0.15, -0.1) is 12.3 Å². The van der Waals surface area contributed by atoms with E-state index in [4.69, 9.17) is 51.0 Å². The van der Waals surface area contributed by atoms with Gasteiger partial charge in [-0.2, -0.15) is 0 Å². The van der Waals surface area contributed by atoms with Crippen LogP contribution in [0.15, 0.2) is 77.8 Å². The smallest absolute Gasteiger partial charge is 0.305 e. The number of allylic oxidation sites excluding steroid dienone is 6. The molecule has 0 amide bonds. The van der Waals surface area contributed by atoms with E-state index in [9.17, 15) is 42.6 Å². The van der Waals surface area contributed by atoms with Crippen LogP contribution in [-0.4, -0.2) is 167 Å². The number of carbonyl (C=O) groups excluding carboxylic acids is 4. The minimum absolute atomic E-state index is 0.0321. The number of hydrogen-bond donors (Lipinski definition) is 4. The van der Waals surface area contributed by atoms with Crippen molar-refractivity contribution in [1.82, 2.24) is 0 Å². The van der Waals surface area contributed by atoms with E-state index >= 15 is 0 Å². The van der Waals surface area contributed by atoms with Gasteiger partial charge in [0.05, 0.1) is 82.7 Å². The van der Waals surface area contributed by atoms with Crippen molar-refractivity contribution < 1.29 is 95.4 Å². The number of unbranched alkanes of at least 4 members (excludes halogenated alkanes) is 16. The zero-order chi connectivity index (χ0) is 79.1. The Morgan fingerprint density at radius 1 is 0.477 bits per heavy atom. The molecule has 5 aliphatic rings. The summed E-state index contributed by atoms with van der Waals surface area (Å²) in [5.41, 5.74) is 1.01. The Labute approximate surface area is 647 Å². The third kappa shape index (κ3) is 59.7. The summed E-state index contributed by atoms with van der Waals surface area (Å²) in [6.45, 7) is 8.59. The van der Waals surface area contributed by atoms with E-state index in [2.05, 4.69) is 106 Å². The van der Waals surface area contributed by atoms with Crippen LogP contribution in [0, 0.1) is 42.9 Å². The summed E-state index contributed by atoms with van der Waals surface area (Å²) in [6, 6.07) is 6.37. The average Bonchev–Trinajstić information content (AvgIpc) is 1.50. The molecule has 0 aliphatic carbocycles. The summed E-state index contributed by atoms with van der Waals surface area (Å²) in [5.74, 6) is 13.1. The zero-order valence-electron chi connectivity index (χ0n) is 65.8. The lowest BCUT2D eigenvalue weighted by Crippen LogP contribution is -2.01. The van der Waals surface area contributed by atoms with Crippen LogP contribution < -0.4 is 0 Å². The highest BCUT2D eigenvalue weighted by Crippen LogP contribution is 2.32. The van der Waals surface area contributed by atoms with Crippen molar-refractivity contribution in [3.8, 4) is 36.0 Å². The predicted octanol–water partition coefficient (Wildman–Crippen LogP) is 16.3. The van der Waals surface area contributed by atoms with E-state index in [0.29, 0.717) is 62.9 Å². The molecule has 12 atom stereocenters. The Morgan fingerprint density at radius 2 is 0.832 bits per heavy atom. The Morgan fingerprint density at radius 3 is 1.17 bits per heavy atom. The molecular weight excluding hydrogens is 1410 g/mol. The van der Waals surface area contributed by atoms with Gasteiger partial charge < -0.3 is 63.1 Å². The number of terminal acetylenes is 1. The first-order chi connectivity index (χ1) is 51.6. The third-order valence-corrected chi connectivity index (χ3v) is 19.2. The van der Waals surface area contributed by atoms with Crippen molar-refractivity contribution in [2.75, 3.05) is 35.0 Å². The summed E-state index contributed by atoms with van der Waals surface area (Å²) in [6.07, 6.45) is 59.9. The van der Waals surface area contributed by atoms with Crippen molar-refractivity contribution in [1.29, 1.82) is 0 Å². The van der Waals surface area contributed by atoms with Gasteiger partial charge >= 0.3 is 29.8 Å². The topological polar surface area (TPSA) is 300 Å². The van der Waals surface area contributed by atoms with Gasteiger partial charge in [0.15, 0.2) is 0 Å². The lowest BCUT2D eigenvalue weighted by molar-refractivity contribution is -0.141. The SMILES string of the molecule is C#CCC1OC1CCCCCC(=O)OC.CCC1OC1CCCCCC(=O)OC.CCCCC/C=C\C/C=C\CC(O)C#CC1OC1CCCCCC(=O)O.CCCCC/C=C\C/C=C\CC(O)C#CC1OC1CCCCCC(=O)OC.COC(=O)CCCCCC1OC1CO.Cc1ccc(S(=O)(=O)Cl)cc1. The summed E-state index contributed by atoms with van der Waals surface area (Å²) < 4.78 is 66.6. The molecule has 606 valence electrons. The van der Waals surface area contributed by atoms with Crippen LogP contribution in [-0.2, 0) is 75.7 Å². The van der Waals surface area contributed by atoms with Crippen LogP contribution in [0.25, 0.3) is 0 Å². The number of ether oxygens (including phenoxy) is 9. The molecule has 6 rings (SSSR count). The van der Waals surface area contributed by atoms with Crippen molar-refractivity contribution in [3.63, 3.8) is 0 Å². The first-order valence-electron chi connectivity index (χ1n) is 39.4. The number of rotatable bonds is 50. The van der Waals surface area contributed by atoms with Gasteiger partial charge in [0.1, 0.15) is 30.5 Å². The summed E-state index contributed by atoms with van der Waals surface area (Å²) in [7, 11) is 7.22. The molecule has 5 heterocycles. The number of carbonyl (C=O) groups is 5. The molecule has 12 unspecified atom stereocenters. The Bertz CT molecular complexity index is 2900. The van der Waals surface area contributed by atoms with Crippen LogP contribution in [0.1, 0.15) is 277 Å². The molecule has 0 radical (unpaired) electrons. The molecule has 1 aromatic carbocycles. The lowest BCUT2D eigenvalue weighted by atomic mass is 10.1. The van der Waals surface area contributed by atoms with Gasteiger partial charge in [0, 0.05) is 62.0 Å². The minimum Gasteiger partial charge on any atom is -0.481 e. The second-order valence-electron chi connectivity index (χ2n) is 27.2. The van der Waals surface area contributed by atoms with Crippen molar-refractivity contribution in [2.24, 2.45) is 0 Å². The maximum Gasteiger partial charge on any atom is 0.305 e. The second-order valence-corrected chi connectivity index (χ2v) is 29.8. The fourth-order valence-corrected chi connectivity index (χ4v) is 11.7. The van der Waals surface area contributed by atoms with E-state index in [1.807, 2.05) is 19.1 Å². The van der Waals surface area contributed by atoms with E-state index in [1.54, 1.807) is 12.1 Å². The van der Waals surface area contributed by atoms with Gasteiger partial charge in [0.2, 0.25) is 0 Å². The number of benzene rings is 1. The van der Waals surface area contributed by atoms with E-state index in [1.165, 1.54) is 79.1 Å². The third-order valence-electron chi connectivity index (χ3n) is 17.9. The molecule has 20 nitrogen and oxygen atoms in total. The largest absolute Gasteiger partial charge is 0.481 e. The molecule has 1 aromatic rings. The number of aryl methyl sites for hydroxylation is 1. The quantitative estimate of drug-likeness (QED) is 0.00896. The molecule has 0 saturated carbocycles. The number of aliphatic carboxylic acids is 1. The molecule has 22 heteroatoms. The molecule has 5 aliphatic heterocycles. The standard InChI is InChI=1S/C23H36O4.C22H34O4.C12H18O3.C11H20O3.C10H18O4.C7H7ClO2S/c1-3-4-5-6-7-8-9-10-12-15-20(24)18-19-22-21(27-22)16-13-11-14-17-23(25)26-2;1-2-3-4-5-6-7-8-9-11-14-19(23)17-18-21-20(26-21)15-12-10-13-16-22(24)25;1-3-7-10-11(15-10)8-5-4-6-9-12(13)14-2;1-3-9-10(14-9)7-5-4-6-8-11(12)13-2;1-13-10(12)6-4-2-3-5-8-9(7-11)14-8;1-6-2-4-7(5-3-6)11(8,9)10/h7-8,10,12,20-22,24H,3-6,9,11,13-17H2,1-2H3;6-7,9,11,19-21,23H,2-5,8,10,12-16H2,1H3,(H,24,25);1,10-11H,4-9H2,2H3;9-10H,3-8H2,1-2H3;8-9,11H,2-7H2,1H3;2-5H,1H3/b8-7-,12-10-;7-6-,11-9-;;;;. The number of aliphatic hydroxyl groups excluding tert-OH is 3. The number of carboxylic acid groups (broad SMARTS) is 1. The number of halogens is 1. The van der Waals surface area contributed by atoms with E-state index in [0.717, 1.165) is 173 Å². The number of methoxy groups -OCH3 is 4. The Kier molecular flexibility index (Phi) is 60.1. The number of epoxide rings is 5. The fourth-order valence-electron chi connectivity index (χ4n) is 10.9. The van der Waals surface area contributed by atoms with Crippen LogP contribution in [0.4, 0.5) is 0 Å². The zero-order valence-corrected chi connectivity index (χ0v) is 67.4. The van der Waals surface area contributed by atoms with Crippen molar-refractivity contribution in [2.45, 2.75) is 356 Å². The monoisotopic (exact) mass is 1540 g/mol. The van der Waals surface area contributed by atoms with E-state index < -0.39 is 27.2 Å². The van der Waals surface area contributed by atoms with Gasteiger partial charge in [-0.25, -0.2) is 8.42 Å². The molecule has 4 N–H and O–H groups in total. The van der Waals surface area contributed by atoms with Crippen LogP contribution in [0.5, 0.6) is 0 Å². The summed E-state index contributed by atoms with van der Waals surface area (Å²) in [4.78, 5) is 53.9. The molecule has 107 heavy (non-hydrogen) atoms. The second kappa shape index (κ2) is 64.9. The highest BCUT2D eigenvalue weighted by atomic mass is 35.7. The van der Waals surface area contributed by atoms with Crippen molar-refractivity contribution in [3.05, 3.63) is 78.4 Å². The maximum absolute atomic E-state index is 11.0. The van der Waals surface area contributed by atoms with Gasteiger partial charge in [-0.05, 0) is 128 Å². The number of esters is 4.